The number of ether oxygens (including phenoxy) is 2. The van der Waals surface area contributed by atoms with Crippen molar-refractivity contribution >= 4 is 41.3 Å². The lowest BCUT2D eigenvalue weighted by molar-refractivity contribution is -0.260. The molecule has 2 aromatic carbocycles. The van der Waals surface area contributed by atoms with Gasteiger partial charge in [-0.25, -0.2) is 0 Å². The number of carbonyl (C=O) groups is 5. The Morgan fingerprint density at radius 1 is 0.529 bits per heavy atom. The highest BCUT2D eigenvalue weighted by molar-refractivity contribution is 6.32. The van der Waals surface area contributed by atoms with Gasteiger partial charge in [0.1, 0.15) is 113 Å². The number of carbonyl (C=O) groups excluding carboxylic acids is 4. The molecule has 0 aromatic heterocycles. The van der Waals surface area contributed by atoms with E-state index in [-0.39, 0.29) is 22.6 Å². The van der Waals surface area contributed by atoms with Crippen LogP contribution >= 0.6 is 0 Å². The second kappa shape index (κ2) is 19.2. The standard InChI is InChI=1S/C44H44O24/c45-13-21-28(51)32(55)34(57)40(67-21)43(65)36(59)23(19(49)11-5-15-1-7-17(47)8-2-15)30(53)26(38(43)61)25(42(63)64)27-31(54)24(20(50)12-6-16-3-9-18(48)10-4-16)37(60)44(66,39(27)62)41-35(58)33(56)29(52)22(14-46)68-41/h1-12,21-22,25,28-29,32-35,40-41,45-58,65-66H,13-14H2,(H,63,64)/b11-5+,12-6+,23-19?,24-20?/t21-,22-,25?,28-,29-,32-,33+,34-,35+,40-,41-,43+,44+/m1/s1. The van der Waals surface area contributed by atoms with Crippen molar-refractivity contribution < 1.29 is 120 Å². The highest BCUT2D eigenvalue weighted by atomic mass is 16.6. The Hall–Kier alpha value is -6.65. The largest absolute Gasteiger partial charge is 0.508 e. The molecule has 24 nitrogen and oxygen atoms in total. The number of hydrogen-bond donors (Lipinski definition) is 17. The van der Waals surface area contributed by atoms with E-state index in [2.05, 4.69) is 0 Å². The smallest absolute Gasteiger partial charge is 0.316 e. The zero-order chi connectivity index (χ0) is 50.5. The van der Waals surface area contributed by atoms with Crippen molar-refractivity contribution in [2.45, 2.75) is 72.2 Å². The van der Waals surface area contributed by atoms with Crippen molar-refractivity contribution in [1.29, 1.82) is 0 Å². The van der Waals surface area contributed by atoms with Gasteiger partial charge < -0.3 is 96.3 Å². The lowest BCUT2D eigenvalue weighted by Crippen LogP contribution is -2.72. The SMILES string of the molecule is O=C(O)C(C1=C(O)C(=C(O)/C=C/c2ccc(O)cc2)C(=O)[C@@](O)([C@@H]2O[C@H](CO)[C@@H](O)[C@@H](O)[C@H]2O)C1=O)C1=C(O)C(=C(O)/C=C/c2ccc(O)cc2)C(=O)[C@@](O)([C@@H]2O[C@H](CO)[C@@H](O)[C@H](O)[C@@H]2O)C1=O. The van der Waals surface area contributed by atoms with Gasteiger partial charge >= 0.3 is 5.97 Å². The van der Waals surface area contributed by atoms with Crippen molar-refractivity contribution in [3.63, 3.8) is 0 Å². The molecule has 2 aromatic rings. The lowest BCUT2D eigenvalue weighted by atomic mass is 9.64. The minimum absolute atomic E-state index is 0.143. The van der Waals surface area contributed by atoms with E-state index < -0.39 is 166 Å². The van der Waals surface area contributed by atoms with Crippen LogP contribution in [-0.2, 0) is 33.4 Å². The first-order valence-electron chi connectivity index (χ1n) is 20.0. The first kappa shape index (κ1) is 50.8. The van der Waals surface area contributed by atoms with E-state index >= 15 is 0 Å². The summed E-state index contributed by atoms with van der Waals surface area (Å²) in [5, 5.41) is 186. The van der Waals surface area contributed by atoms with E-state index in [1.165, 1.54) is 48.5 Å². The van der Waals surface area contributed by atoms with E-state index in [0.29, 0.717) is 12.2 Å². The van der Waals surface area contributed by atoms with Crippen LogP contribution in [0.2, 0.25) is 0 Å². The predicted octanol–water partition coefficient (Wildman–Crippen LogP) is -3.78. The molecule has 68 heavy (non-hydrogen) atoms. The van der Waals surface area contributed by atoms with Crippen LogP contribution in [0.3, 0.4) is 0 Å². The zero-order valence-corrected chi connectivity index (χ0v) is 34.7. The number of aliphatic hydroxyl groups excluding tert-OH is 12. The van der Waals surface area contributed by atoms with Gasteiger partial charge in [-0.1, -0.05) is 36.4 Å². The maximum Gasteiger partial charge on any atom is 0.316 e. The molecule has 2 fully saturated rings. The van der Waals surface area contributed by atoms with E-state index in [0.717, 1.165) is 12.2 Å². The molecule has 13 atom stereocenters. The van der Waals surface area contributed by atoms with E-state index in [4.69, 9.17) is 9.47 Å². The third-order valence-corrected chi connectivity index (χ3v) is 11.9. The number of aliphatic carboxylic acids is 1. The summed E-state index contributed by atoms with van der Waals surface area (Å²) < 4.78 is 10.6. The summed E-state index contributed by atoms with van der Waals surface area (Å²) in [4.78, 5) is 72.1. The Labute approximate surface area is 381 Å². The third-order valence-electron chi connectivity index (χ3n) is 11.9. The van der Waals surface area contributed by atoms with Crippen molar-refractivity contribution in [2.75, 3.05) is 13.2 Å². The van der Waals surface area contributed by atoms with Crippen molar-refractivity contribution in [3.8, 4) is 11.5 Å². The second-order valence-electron chi connectivity index (χ2n) is 16.0. The number of aliphatic hydroxyl groups is 14. The maximum atomic E-state index is 14.8. The van der Waals surface area contributed by atoms with Crippen LogP contribution < -0.4 is 0 Å². The minimum atomic E-state index is -4.19. The quantitative estimate of drug-likeness (QED) is 0.0584. The van der Waals surface area contributed by atoms with Crippen molar-refractivity contribution in [1.82, 2.24) is 0 Å². The first-order valence-corrected chi connectivity index (χ1v) is 20.0. The molecule has 2 saturated heterocycles. The van der Waals surface area contributed by atoms with Gasteiger partial charge in [0.05, 0.1) is 24.4 Å². The van der Waals surface area contributed by atoms with Gasteiger partial charge in [0, 0.05) is 0 Å². The van der Waals surface area contributed by atoms with Crippen LogP contribution in [0.25, 0.3) is 12.2 Å². The van der Waals surface area contributed by atoms with Crippen LogP contribution in [0.15, 0.2) is 106 Å². The lowest BCUT2D eigenvalue weighted by Gasteiger charge is -2.48. The average molecular weight is 957 g/mol. The van der Waals surface area contributed by atoms with Gasteiger partial charge in [-0.2, -0.15) is 0 Å². The Balaban J connectivity index is 1.68. The number of rotatable bonds is 11. The summed E-state index contributed by atoms with van der Waals surface area (Å²) in [6.07, 6.45) is -21.5. The number of allylic oxidation sites excluding steroid dienone is 4. The molecule has 2 aliphatic carbocycles. The molecule has 4 aliphatic rings. The predicted molar refractivity (Wildman–Crippen MR) is 221 cm³/mol. The molecule has 1 unspecified atom stereocenters. The van der Waals surface area contributed by atoms with Gasteiger partial charge in [0.2, 0.25) is 34.3 Å². The number of carboxylic acid groups (broad SMARTS) is 1. The van der Waals surface area contributed by atoms with Crippen molar-refractivity contribution in [3.05, 3.63) is 117 Å². The maximum absolute atomic E-state index is 14.8. The molecule has 17 N–H and O–H groups in total. The Morgan fingerprint density at radius 2 is 0.853 bits per heavy atom. The summed E-state index contributed by atoms with van der Waals surface area (Å²) in [5.74, 6) is -22.2. The molecule has 24 heteroatoms. The second-order valence-corrected chi connectivity index (χ2v) is 16.0. The first-order chi connectivity index (χ1) is 31.9. The van der Waals surface area contributed by atoms with Gasteiger partial charge in [0.15, 0.2) is 0 Å². The Bertz CT molecular complexity index is 2400. The number of ketones is 4. The monoisotopic (exact) mass is 956 g/mol. The average Bonchev–Trinajstić information content (AvgIpc) is 3.30. The number of phenolic OH excluding ortho intramolecular Hbond substituents is 2. The number of phenols is 2. The molecule has 364 valence electrons. The molecule has 6 rings (SSSR count). The summed E-state index contributed by atoms with van der Waals surface area (Å²) in [6, 6.07) is 9.68. The molecule has 0 radical (unpaired) electrons. The fourth-order valence-electron chi connectivity index (χ4n) is 8.20. The highest BCUT2D eigenvalue weighted by Crippen LogP contribution is 2.47. The zero-order valence-electron chi connectivity index (χ0n) is 34.7. The van der Waals surface area contributed by atoms with Gasteiger partial charge in [0.25, 0.3) is 0 Å². The van der Waals surface area contributed by atoms with Gasteiger partial charge in [-0.15, -0.1) is 0 Å². The fourth-order valence-corrected chi connectivity index (χ4v) is 8.20. The third kappa shape index (κ3) is 8.37. The van der Waals surface area contributed by atoms with Crippen LogP contribution in [0.1, 0.15) is 11.1 Å². The summed E-state index contributed by atoms with van der Waals surface area (Å²) in [6.45, 7) is -2.51. The number of aromatic hydroxyl groups is 2. The molecule has 0 spiro atoms. The fraction of sp³-hybridized carbons (Fsp3) is 0.341. The molecular formula is C44H44O24. The molecule has 0 saturated carbocycles. The van der Waals surface area contributed by atoms with E-state index in [9.17, 15) is 111 Å². The number of hydrogen-bond acceptors (Lipinski definition) is 23. The summed E-state index contributed by atoms with van der Waals surface area (Å²) in [5.41, 5.74) is -15.2. The minimum Gasteiger partial charge on any atom is -0.508 e. The van der Waals surface area contributed by atoms with Gasteiger partial charge in [-0.3, -0.25) is 24.0 Å². The summed E-state index contributed by atoms with van der Waals surface area (Å²) in [7, 11) is 0. The number of carboxylic acids is 1. The topological polar surface area (TPSA) is 448 Å². The number of Topliss-reactive ketones (excluding diaryl/α,β-unsaturated/α-hetero) is 4. The number of benzene rings is 2. The Kier molecular flexibility index (Phi) is 14.3. The molecule has 2 heterocycles. The van der Waals surface area contributed by atoms with Crippen molar-refractivity contribution in [2.24, 2.45) is 5.92 Å². The normalized spacial score (nSPS) is 34.8. The van der Waals surface area contributed by atoms with Crippen LogP contribution in [0.4, 0.5) is 0 Å². The molecule has 0 amide bonds. The molecule has 2 aliphatic heterocycles. The van der Waals surface area contributed by atoms with E-state index in [1.54, 1.807) is 0 Å². The summed E-state index contributed by atoms with van der Waals surface area (Å²) >= 11 is 0. The van der Waals surface area contributed by atoms with Crippen LogP contribution in [0, 0.1) is 5.92 Å². The van der Waals surface area contributed by atoms with Crippen LogP contribution in [-0.4, -0.2) is 201 Å². The van der Waals surface area contributed by atoms with E-state index in [1.807, 2.05) is 0 Å². The molecule has 0 bridgehead atoms. The van der Waals surface area contributed by atoms with Gasteiger partial charge in [-0.05, 0) is 47.5 Å². The highest BCUT2D eigenvalue weighted by Gasteiger charge is 2.68. The van der Waals surface area contributed by atoms with Crippen LogP contribution in [0.5, 0.6) is 11.5 Å². The Morgan fingerprint density at radius 3 is 1.15 bits per heavy atom. The molecular weight excluding hydrogens is 912 g/mol.